The van der Waals surface area contributed by atoms with E-state index in [0.29, 0.717) is 38.1 Å². The molecule has 8 nitrogen and oxygen atoms in total. The third kappa shape index (κ3) is 4.30. The zero-order valence-electron chi connectivity index (χ0n) is 12.0. The normalized spacial score (nSPS) is 10.3. The Hall–Kier alpha value is -1.96. The maximum absolute atomic E-state index is 11.6. The Kier molecular flexibility index (Phi) is 6.65. The van der Waals surface area contributed by atoms with Gasteiger partial charge in [-0.05, 0) is 6.42 Å². The van der Waals surface area contributed by atoms with Gasteiger partial charge in [0.15, 0.2) is 5.69 Å². The molecule has 0 radical (unpaired) electrons. The van der Waals surface area contributed by atoms with Gasteiger partial charge in [0.05, 0.1) is 19.4 Å². The molecule has 0 unspecified atom stereocenters. The first-order valence-electron chi connectivity index (χ1n) is 6.34. The van der Waals surface area contributed by atoms with Crippen LogP contribution in [0.4, 0.5) is 0 Å². The highest BCUT2D eigenvalue weighted by Crippen LogP contribution is 2.09. The van der Waals surface area contributed by atoms with Gasteiger partial charge < -0.3 is 14.8 Å². The molecule has 0 atom stereocenters. The summed E-state index contributed by atoms with van der Waals surface area (Å²) in [5.74, 6) is -0.551. The summed E-state index contributed by atoms with van der Waals surface area (Å²) in [6.45, 7) is 0.962. The predicted octanol–water partition coefficient (Wildman–Crippen LogP) is -0.220. The largest absolute Gasteiger partial charge is 0.464 e. The Morgan fingerprint density at radius 2 is 2.10 bits per heavy atom. The SMILES string of the molecule is CNC(=O)CCCn1nnc(C(=O)OC)c1CCOC. The number of amides is 1. The fourth-order valence-electron chi connectivity index (χ4n) is 1.73. The Bertz CT molecular complexity index is 458. The minimum atomic E-state index is -0.520. The van der Waals surface area contributed by atoms with E-state index in [0.717, 1.165) is 0 Å². The number of nitrogens with zero attached hydrogens (tertiary/aromatic N) is 3. The van der Waals surface area contributed by atoms with Crippen LogP contribution in [0.15, 0.2) is 0 Å². The lowest BCUT2D eigenvalue weighted by Gasteiger charge is -2.07. The van der Waals surface area contributed by atoms with E-state index in [1.807, 2.05) is 0 Å². The second kappa shape index (κ2) is 8.26. The number of hydrogen-bond donors (Lipinski definition) is 1. The second-order valence-electron chi connectivity index (χ2n) is 4.12. The van der Waals surface area contributed by atoms with Crippen LogP contribution in [-0.4, -0.2) is 54.7 Å². The molecule has 1 amide bonds. The van der Waals surface area contributed by atoms with E-state index >= 15 is 0 Å². The maximum Gasteiger partial charge on any atom is 0.360 e. The standard InChI is InChI=1S/C12H20N4O4/c1-13-10(17)5-4-7-16-9(6-8-19-2)11(14-15-16)12(18)20-3/h4-8H2,1-3H3,(H,13,17). The van der Waals surface area contributed by atoms with Crippen molar-refractivity contribution < 1.29 is 19.1 Å². The topological polar surface area (TPSA) is 95.3 Å². The third-order valence-corrected chi connectivity index (χ3v) is 2.81. The Morgan fingerprint density at radius 3 is 2.70 bits per heavy atom. The number of esters is 1. The maximum atomic E-state index is 11.6. The van der Waals surface area contributed by atoms with Crippen LogP contribution in [0.25, 0.3) is 0 Å². The number of ether oxygens (including phenoxy) is 2. The van der Waals surface area contributed by atoms with Crippen molar-refractivity contribution >= 4 is 11.9 Å². The van der Waals surface area contributed by atoms with Gasteiger partial charge in [-0.1, -0.05) is 5.21 Å². The van der Waals surface area contributed by atoms with E-state index in [1.54, 1.807) is 18.8 Å². The van der Waals surface area contributed by atoms with Gasteiger partial charge in [-0.15, -0.1) is 5.10 Å². The minimum Gasteiger partial charge on any atom is -0.464 e. The fourth-order valence-corrected chi connectivity index (χ4v) is 1.73. The molecule has 1 aromatic heterocycles. The highest BCUT2D eigenvalue weighted by atomic mass is 16.5. The summed E-state index contributed by atoms with van der Waals surface area (Å²) in [7, 11) is 4.47. The van der Waals surface area contributed by atoms with Crippen molar-refractivity contribution in [1.29, 1.82) is 0 Å². The third-order valence-electron chi connectivity index (χ3n) is 2.81. The molecular weight excluding hydrogens is 264 g/mol. The lowest BCUT2D eigenvalue weighted by molar-refractivity contribution is -0.120. The number of aromatic nitrogens is 3. The molecule has 1 aromatic rings. The molecule has 1 N–H and O–H groups in total. The summed E-state index contributed by atoms with van der Waals surface area (Å²) in [5, 5.41) is 10.3. The van der Waals surface area contributed by atoms with E-state index in [-0.39, 0.29) is 11.6 Å². The van der Waals surface area contributed by atoms with Crippen LogP contribution in [0.3, 0.4) is 0 Å². The summed E-state index contributed by atoms with van der Waals surface area (Å²) in [6, 6.07) is 0. The van der Waals surface area contributed by atoms with Gasteiger partial charge >= 0.3 is 5.97 Å². The van der Waals surface area contributed by atoms with Crippen LogP contribution < -0.4 is 5.32 Å². The van der Waals surface area contributed by atoms with E-state index in [1.165, 1.54) is 7.11 Å². The lowest BCUT2D eigenvalue weighted by atomic mass is 10.2. The number of methoxy groups -OCH3 is 2. The molecule has 0 aliphatic heterocycles. The van der Waals surface area contributed by atoms with Crippen LogP contribution in [0.1, 0.15) is 29.0 Å². The van der Waals surface area contributed by atoms with Crippen LogP contribution in [0.5, 0.6) is 0 Å². The molecule has 0 aliphatic carbocycles. The van der Waals surface area contributed by atoms with Crippen LogP contribution in [-0.2, 0) is 27.2 Å². The molecule has 0 fully saturated rings. The Balaban J connectivity index is 2.75. The summed E-state index contributed by atoms with van der Waals surface area (Å²) in [5.41, 5.74) is 0.861. The van der Waals surface area contributed by atoms with E-state index in [4.69, 9.17) is 4.74 Å². The quantitative estimate of drug-likeness (QED) is 0.663. The molecule has 0 saturated heterocycles. The van der Waals surface area contributed by atoms with Gasteiger partial charge in [-0.2, -0.15) is 0 Å². The van der Waals surface area contributed by atoms with Gasteiger partial charge in [0.25, 0.3) is 0 Å². The summed E-state index contributed by atoms with van der Waals surface area (Å²) >= 11 is 0. The minimum absolute atomic E-state index is 0.0308. The molecule has 8 heteroatoms. The van der Waals surface area contributed by atoms with Gasteiger partial charge in [-0.3, -0.25) is 4.79 Å². The first kappa shape index (κ1) is 16.1. The highest BCUT2D eigenvalue weighted by molar-refractivity contribution is 5.88. The van der Waals surface area contributed by atoms with E-state index in [2.05, 4.69) is 20.4 Å². The van der Waals surface area contributed by atoms with Crippen molar-refractivity contribution in [2.45, 2.75) is 25.8 Å². The number of carbonyl (C=O) groups is 2. The molecule has 1 rings (SSSR count). The van der Waals surface area contributed by atoms with Crippen molar-refractivity contribution in [3.63, 3.8) is 0 Å². The molecule has 112 valence electrons. The Labute approximate surface area is 117 Å². The van der Waals surface area contributed by atoms with Crippen LogP contribution in [0, 0.1) is 0 Å². The van der Waals surface area contributed by atoms with Gasteiger partial charge in [0.2, 0.25) is 5.91 Å². The van der Waals surface area contributed by atoms with Gasteiger partial charge in [0, 0.05) is 33.5 Å². The number of rotatable bonds is 8. The van der Waals surface area contributed by atoms with E-state index in [9.17, 15) is 9.59 Å². The van der Waals surface area contributed by atoms with Gasteiger partial charge in [-0.25, -0.2) is 9.48 Å². The Morgan fingerprint density at radius 1 is 1.35 bits per heavy atom. The first-order valence-corrected chi connectivity index (χ1v) is 6.34. The number of aryl methyl sites for hydroxylation is 1. The monoisotopic (exact) mass is 284 g/mol. The molecular formula is C12H20N4O4. The number of carbonyl (C=O) groups excluding carboxylic acids is 2. The van der Waals surface area contributed by atoms with Crippen LogP contribution in [0.2, 0.25) is 0 Å². The van der Waals surface area contributed by atoms with Crippen LogP contribution >= 0.6 is 0 Å². The van der Waals surface area contributed by atoms with E-state index < -0.39 is 5.97 Å². The zero-order chi connectivity index (χ0) is 15.0. The zero-order valence-corrected chi connectivity index (χ0v) is 12.0. The molecule has 1 heterocycles. The van der Waals surface area contributed by atoms with Gasteiger partial charge in [0.1, 0.15) is 0 Å². The smallest absolute Gasteiger partial charge is 0.360 e. The van der Waals surface area contributed by atoms with Crippen molar-refractivity contribution in [3.8, 4) is 0 Å². The molecule has 20 heavy (non-hydrogen) atoms. The van der Waals surface area contributed by atoms with Crippen molar-refractivity contribution in [3.05, 3.63) is 11.4 Å². The summed E-state index contributed by atoms with van der Waals surface area (Å²) < 4.78 is 11.3. The second-order valence-corrected chi connectivity index (χ2v) is 4.12. The fraction of sp³-hybridized carbons (Fsp3) is 0.667. The molecule has 0 spiro atoms. The summed E-state index contributed by atoms with van der Waals surface area (Å²) in [4.78, 5) is 22.8. The highest BCUT2D eigenvalue weighted by Gasteiger charge is 2.19. The first-order chi connectivity index (χ1) is 9.63. The molecule has 0 bridgehead atoms. The predicted molar refractivity (Wildman–Crippen MR) is 70.2 cm³/mol. The van der Waals surface area contributed by atoms with Crippen molar-refractivity contribution in [1.82, 2.24) is 20.3 Å². The molecule has 0 aromatic carbocycles. The average Bonchev–Trinajstić information content (AvgIpc) is 2.86. The van der Waals surface area contributed by atoms with Crippen molar-refractivity contribution in [2.24, 2.45) is 0 Å². The molecule has 0 saturated carbocycles. The van der Waals surface area contributed by atoms with Crippen molar-refractivity contribution in [2.75, 3.05) is 27.9 Å². The number of hydrogen-bond acceptors (Lipinski definition) is 6. The average molecular weight is 284 g/mol. The lowest BCUT2D eigenvalue weighted by Crippen LogP contribution is -2.18. The molecule has 0 aliphatic rings. The number of nitrogens with one attached hydrogen (secondary N) is 1. The summed E-state index contributed by atoms with van der Waals surface area (Å²) in [6.07, 6.45) is 1.52.